The average Bonchev–Trinajstić information content (AvgIpc) is 2.33. The maximum atomic E-state index is 11.5. The third-order valence-electron chi connectivity index (χ3n) is 2.37. The van der Waals surface area contributed by atoms with Gasteiger partial charge in [-0.05, 0) is 13.3 Å². The Hall–Kier alpha value is -1.32. The Bertz CT molecular complexity index is 258. The molecule has 0 heterocycles. The molecule has 0 spiro atoms. The van der Waals surface area contributed by atoms with Crippen molar-refractivity contribution in [2.24, 2.45) is 5.92 Å². The number of unbranched alkanes of at least 4 members (excludes halogenated alkanes) is 2. The summed E-state index contributed by atoms with van der Waals surface area (Å²) in [5.41, 5.74) is 0. The smallest absolute Gasteiger partial charge is 0.330 e. The van der Waals surface area contributed by atoms with Crippen molar-refractivity contribution in [2.45, 2.75) is 39.5 Å². The van der Waals surface area contributed by atoms with Crippen molar-refractivity contribution in [3.05, 3.63) is 12.2 Å². The lowest BCUT2D eigenvalue weighted by Gasteiger charge is -2.09. The first-order valence-electron chi connectivity index (χ1n) is 6.08. The standard InChI is InChI=1S/C13H22O4/c1-4-6-7-8-11(13(15)16-3)9-10-12(14)17-5-2/h9-11H,4-8H2,1-3H3. The fourth-order valence-electron chi connectivity index (χ4n) is 1.44. The van der Waals surface area contributed by atoms with Crippen LogP contribution in [0.15, 0.2) is 12.2 Å². The molecule has 0 aliphatic carbocycles. The quantitative estimate of drug-likeness (QED) is 0.373. The molecule has 0 aromatic carbocycles. The van der Waals surface area contributed by atoms with E-state index < -0.39 is 5.97 Å². The van der Waals surface area contributed by atoms with Crippen molar-refractivity contribution in [2.75, 3.05) is 13.7 Å². The average molecular weight is 242 g/mol. The molecule has 1 atom stereocenters. The Balaban J connectivity index is 4.27. The third kappa shape index (κ3) is 7.55. The van der Waals surface area contributed by atoms with Crippen LogP contribution < -0.4 is 0 Å². The molecular formula is C13H22O4. The van der Waals surface area contributed by atoms with Crippen LogP contribution in [-0.2, 0) is 19.1 Å². The molecule has 0 aliphatic heterocycles. The zero-order valence-electron chi connectivity index (χ0n) is 10.9. The highest BCUT2D eigenvalue weighted by molar-refractivity contribution is 5.83. The second kappa shape index (κ2) is 9.87. The molecule has 0 saturated carbocycles. The zero-order valence-corrected chi connectivity index (χ0v) is 10.9. The third-order valence-corrected chi connectivity index (χ3v) is 2.37. The maximum Gasteiger partial charge on any atom is 0.330 e. The first-order valence-corrected chi connectivity index (χ1v) is 6.08. The number of esters is 2. The number of carbonyl (C=O) groups excluding carboxylic acids is 2. The van der Waals surface area contributed by atoms with E-state index in [-0.39, 0.29) is 11.9 Å². The fraction of sp³-hybridized carbons (Fsp3) is 0.692. The van der Waals surface area contributed by atoms with Gasteiger partial charge in [0.2, 0.25) is 0 Å². The van der Waals surface area contributed by atoms with Crippen molar-refractivity contribution in [3.63, 3.8) is 0 Å². The van der Waals surface area contributed by atoms with Crippen molar-refractivity contribution in [1.82, 2.24) is 0 Å². The highest BCUT2D eigenvalue weighted by Gasteiger charge is 2.15. The van der Waals surface area contributed by atoms with Gasteiger partial charge >= 0.3 is 11.9 Å². The van der Waals surface area contributed by atoms with Crippen LogP contribution in [-0.4, -0.2) is 25.7 Å². The molecule has 0 fully saturated rings. The molecule has 0 aliphatic rings. The predicted octanol–water partition coefficient (Wildman–Crippen LogP) is 2.48. The molecular weight excluding hydrogens is 220 g/mol. The van der Waals surface area contributed by atoms with Gasteiger partial charge in [-0.25, -0.2) is 4.79 Å². The van der Waals surface area contributed by atoms with E-state index in [2.05, 4.69) is 6.92 Å². The molecule has 98 valence electrons. The van der Waals surface area contributed by atoms with Crippen molar-refractivity contribution < 1.29 is 19.1 Å². The Morgan fingerprint density at radius 1 is 1.24 bits per heavy atom. The zero-order chi connectivity index (χ0) is 13.1. The van der Waals surface area contributed by atoms with E-state index in [0.717, 1.165) is 19.3 Å². The van der Waals surface area contributed by atoms with Gasteiger partial charge < -0.3 is 9.47 Å². The molecule has 0 bridgehead atoms. The Kier molecular flexibility index (Phi) is 9.11. The van der Waals surface area contributed by atoms with Crippen LogP contribution in [0.1, 0.15) is 39.5 Å². The topological polar surface area (TPSA) is 52.6 Å². The summed E-state index contributed by atoms with van der Waals surface area (Å²) in [5, 5.41) is 0. The molecule has 0 N–H and O–H groups in total. The second-order valence-corrected chi connectivity index (χ2v) is 3.74. The molecule has 1 unspecified atom stereocenters. The molecule has 0 amide bonds. The maximum absolute atomic E-state index is 11.5. The van der Waals surface area contributed by atoms with Gasteiger partial charge in [0.15, 0.2) is 0 Å². The number of ether oxygens (including phenoxy) is 2. The van der Waals surface area contributed by atoms with Crippen LogP contribution >= 0.6 is 0 Å². The lowest BCUT2D eigenvalue weighted by molar-refractivity contribution is -0.143. The number of hydrogen-bond acceptors (Lipinski definition) is 4. The van der Waals surface area contributed by atoms with E-state index in [0.29, 0.717) is 13.0 Å². The van der Waals surface area contributed by atoms with Gasteiger partial charge in [-0.15, -0.1) is 0 Å². The number of methoxy groups -OCH3 is 1. The van der Waals surface area contributed by atoms with Gasteiger partial charge in [0.25, 0.3) is 0 Å². The monoisotopic (exact) mass is 242 g/mol. The van der Waals surface area contributed by atoms with Gasteiger partial charge in [-0.1, -0.05) is 32.3 Å². The Morgan fingerprint density at radius 3 is 2.47 bits per heavy atom. The molecule has 0 radical (unpaired) electrons. The van der Waals surface area contributed by atoms with Crippen LogP contribution in [0, 0.1) is 5.92 Å². The van der Waals surface area contributed by atoms with Gasteiger partial charge in [-0.3, -0.25) is 4.79 Å². The summed E-state index contributed by atoms with van der Waals surface area (Å²) in [5.74, 6) is -1.07. The number of hydrogen-bond donors (Lipinski definition) is 0. The Morgan fingerprint density at radius 2 is 1.94 bits per heavy atom. The van der Waals surface area contributed by atoms with E-state index in [1.165, 1.54) is 13.2 Å². The molecule has 0 saturated heterocycles. The van der Waals surface area contributed by atoms with Gasteiger partial charge in [-0.2, -0.15) is 0 Å². The van der Waals surface area contributed by atoms with E-state index in [1.807, 2.05) is 0 Å². The number of rotatable bonds is 8. The van der Waals surface area contributed by atoms with Crippen LogP contribution in [0.4, 0.5) is 0 Å². The van der Waals surface area contributed by atoms with Crippen LogP contribution in [0.2, 0.25) is 0 Å². The van der Waals surface area contributed by atoms with Crippen LogP contribution in [0.25, 0.3) is 0 Å². The van der Waals surface area contributed by atoms with Crippen molar-refractivity contribution >= 4 is 11.9 Å². The Labute approximate surface area is 103 Å². The molecule has 0 rings (SSSR count). The molecule has 17 heavy (non-hydrogen) atoms. The summed E-state index contributed by atoms with van der Waals surface area (Å²) in [7, 11) is 1.35. The first kappa shape index (κ1) is 15.7. The lowest BCUT2D eigenvalue weighted by Crippen LogP contribution is -2.14. The van der Waals surface area contributed by atoms with Gasteiger partial charge in [0.05, 0.1) is 19.6 Å². The van der Waals surface area contributed by atoms with Crippen LogP contribution in [0.3, 0.4) is 0 Å². The predicted molar refractivity (Wildman–Crippen MR) is 65.4 cm³/mol. The summed E-state index contributed by atoms with van der Waals surface area (Å²) in [4.78, 5) is 22.6. The fourth-order valence-corrected chi connectivity index (χ4v) is 1.44. The first-order chi connectivity index (χ1) is 8.15. The van der Waals surface area contributed by atoms with E-state index in [1.54, 1.807) is 13.0 Å². The highest BCUT2D eigenvalue weighted by atomic mass is 16.5. The SMILES string of the molecule is CCCCCC(C=CC(=O)OCC)C(=O)OC. The summed E-state index contributed by atoms with van der Waals surface area (Å²) in [6.45, 7) is 4.17. The largest absolute Gasteiger partial charge is 0.469 e. The minimum atomic E-state index is -0.420. The second-order valence-electron chi connectivity index (χ2n) is 3.74. The van der Waals surface area contributed by atoms with Crippen molar-refractivity contribution in [3.8, 4) is 0 Å². The van der Waals surface area contributed by atoms with E-state index >= 15 is 0 Å². The van der Waals surface area contributed by atoms with Crippen LogP contribution in [0.5, 0.6) is 0 Å². The summed E-state index contributed by atoms with van der Waals surface area (Å²) in [6, 6.07) is 0. The minimum Gasteiger partial charge on any atom is -0.469 e. The summed E-state index contributed by atoms with van der Waals surface area (Å²) in [6.07, 6.45) is 6.69. The molecule has 0 aromatic rings. The van der Waals surface area contributed by atoms with E-state index in [9.17, 15) is 9.59 Å². The molecule has 4 nitrogen and oxygen atoms in total. The number of carbonyl (C=O) groups is 2. The minimum absolute atomic E-state index is 0.304. The van der Waals surface area contributed by atoms with Crippen molar-refractivity contribution in [1.29, 1.82) is 0 Å². The highest BCUT2D eigenvalue weighted by Crippen LogP contribution is 2.13. The normalized spacial score (nSPS) is 12.4. The van der Waals surface area contributed by atoms with Gasteiger partial charge in [0, 0.05) is 6.08 Å². The molecule has 0 aromatic heterocycles. The summed E-state index contributed by atoms with van der Waals surface area (Å²) < 4.78 is 9.45. The molecule has 4 heteroatoms. The van der Waals surface area contributed by atoms with E-state index in [4.69, 9.17) is 9.47 Å². The lowest BCUT2D eigenvalue weighted by atomic mass is 10.0. The summed E-state index contributed by atoms with van der Waals surface area (Å²) >= 11 is 0. The van der Waals surface area contributed by atoms with Gasteiger partial charge in [0.1, 0.15) is 0 Å².